The summed E-state index contributed by atoms with van der Waals surface area (Å²) < 4.78 is 10.8. The van der Waals surface area contributed by atoms with Crippen LogP contribution < -0.4 is 15.2 Å². The van der Waals surface area contributed by atoms with Gasteiger partial charge in [-0.1, -0.05) is 6.07 Å². The third-order valence-electron chi connectivity index (χ3n) is 2.38. The number of nitrogens with two attached hydrogens (primary N) is 1. The highest BCUT2D eigenvalue weighted by Gasteiger charge is 2.15. The average molecular weight is 223 g/mol. The molecule has 3 N–H and O–H groups in total. The minimum Gasteiger partial charge on any atom is -0.486 e. The van der Waals surface area contributed by atoms with Crippen molar-refractivity contribution in [1.29, 1.82) is 0 Å². The summed E-state index contributed by atoms with van der Waals surface area (Å²) in [5, 5.41) is 8.70. The van der Waals surface area contributed by atoms with Crippen molar-refractivity contribution < 1.29 is 19.4 Å². The molecule has 5 heteroatoms. The van der Waals surface area contributed by atoms with E-state index in [0.29, 0.717) is 24.7 Å². The average Bonchev–Trinajstić information content (AvgIpc) is 2.28. The summed E-state index contributed by atoms with van der Waals surface area (Å²) in [5.74, 6) is 0.343. The van der Waals surface area contributed by atoms with E-state index in [2.05, 4.69) is 0 Å². The van der Waals surface area contributed by atoms with Gasteiger partial charge in [-0.2, -0.15) is 0 Å². The van der Waals surface area contributed by atoms with Crippen molar-refractivity contribution >= 4 is 5.97 Å². The molecule has 1 unspecified atom stereocenters. The van der Waals surface area contributed by atoms with Crippen LogP contribution in [0.3, 0.4) is 0 Å². The quantitative estimate of drug-likeness (QED) is 0.775. The van der Waals surface area contributed by atoms with E-state index in [1.54, 1.807) is 18.2 Å². The Hall–Kier alpha value is -1.75. The molecule has 1 aliphatic rings. The van der Waals surface area contributed by atoms with Gasteiger partial charge in [-0.3, -0.25) is 4.79 Å². The first-order chi connectivity index (χ1) is 7.66. The van der Waals surface area contributed by atoms with Gasteiger partial charge in [0.25, 0.3) is 0 Å². The van der Waals surface area contributed by atoms with E-state index in [4.69, 9.17) is 20.3 Å². The molecule has 1 heterocycles. The molecular formula is C11H13NO4. The molecule has 16 heavy (non-hydrogen) atoms. The second-order valence-electron chi connectivity index (χ2n) is 3.63. The van der Waals surface area contributed by atoms with E-state index in [9.17, 15) is 4.79 Å². The van der Waals surface area contributed by atoms with Gasteiger partial charge in [-0.25, -0.2) is 0 Å². The summed E-state index contributed by atoms with van der Waals surface area (Å²) in [5.41, 5.74) is 6.29. The molecule has 0 amide bonds. The SMILES string of the molecule is NC(Cc1ccc2c(c1)OCCO2)C(=O)O. The van der Waals surface area contributed by atoms with Gasteiger partial charge in [0.05, 0.1) is 0 Å². The lowest BCUT2D eigenvalue weighted by molar-refractivity contribution is -0.138. The molecule has 0 bridgehead atoms. The first-order valence-electron chi connectivity index (χ1n) is 5.04. The van der Waals surface area contributed by atoms with E-state index in [-0.39, 0.29) is 6.42 Å². The van der Waals surface area contributed by atoms with Gasteiger partial charge >= 0.3 is 5.97 Å². The fourth-order valence-electron chi connectivity index (χ4n) is 1.56. The second kappa shape index (κ2) is 4.40. The molecule has 0 spiro atoms. The summed E-state index contributed by atoms with van der Waals surface area (Å²) >= 11 is 0. The summed E-state index contributed by atoms with van der Waals surface area (Å²) in [7, 11) is 0. The third-order valence-corrected chi connectivity index (χ3v) is 2.38. The van der Waals surface area contributed by atoms with E-state index in [0.717, 1.165) is 5.56 Å². The smallest absolute Gasteiger partial charge is 0.320 e. The molecule has 1 atom stereocenters. The lowest BCUT2D eigenvalue weighted by Crippen LogP contribution is -2.32. The molecule has 1 aromatic rings. The fraction of sp³-hybridized carbons (Fsp3) is 0.364. The number of carboxylic acid groups (broad SMARTS) is 1. The number of rotatable bonds is 3. The molecule has 86 valence electrons. The van der Waals surface area contributed by atoms with Crippen LogP contribution in [0.25, 0.3) is 0 Å². The van der Waals surface area contributed by atoms with Gasteiger partial charge in [0, 0.05) is 0 Å². The van der Waals surface area contributed by atoms with Crippen molar-refractivity contribution in [2.75, 3.05) is 13.2 Å². The van der Waals surface area contributed by atoms with Gasteiger partial charge < -0.3 is 20.3 Å². The Morgan fingerprint density at radius 2 is 2.06 bits per heavy atom. The predicted molar refractivity (Wildman–Crippen MR) is 56.7 cm³/mol. The molecule has 0 aliphatic carbocycles. The predicted octanol–water partition coefficient (Wildman–Crippen LogP) is 0.412. The van der Waals surface area contributed by atoms with Crippen LogP contribution in [-0.2, 0) is 11.2 Å². The maximum absolute atomic E-state index is 10.6. The third kappa shape index (κ3) is 2.25. The van der Waals surface area contributed by atoms with Crippen molar-refractivity contribution in [2.45, 2.75) is 12.5 Å². The van der Waals surface area contributed by atoms with Gasteiger partial charge in [0.15, 0.2) is 11.5 Å². The maximum atomic E-state index is 10.6. The summed E-state index contributed by atoms with van der Waals surface area (Å²) in [6.45, 7) is 1.06. The molecule has 1 aromatic carbocycles. The Bertz CT molecular complexity index is 405. The summed E-state index contributed by atoms with van der Waals surface area (Å²) in [6.07, 6.45) is 0.284. The lowest BCUT2D eigenvalue weighted by Gasteiger charge is -2.19. The van der Waals surface area contributed by atoms with E-state index >= 15 is 0 Å². The minimum absolute atomic E-state index is 0.284. The standard InChI is InChI=1S/C11H13NO4/c12-8(11(13)14)5-7-1-2-9-10(6-7)16-4-3-15-9/h1-2,6,8H,3-5,12H2,(H,13,14). The Morgan fingerprint density at radius 3 is 2.75 bits per heavy atom. The Balaban J connectivity index is 2.14. The van der Waals surface area contributed by atoms with Crippen LogP contribution >= 0.6 is 0 Å². The van der Waals surface area contributed by atoms with Crippen LogP contribution in [0, 0.1) is 0 Å². The van der Waals surface area contributed by atoms with E-state index in [1.165, 1.54) is 0 Å². The number of fused-ring (bicyclic) bond motifs is 1. The van der Waals surface area contributed by atoms with Crippen LogP contribution in [-0.4, -0.2) is 30.3 Å². The number of aliphatic carboxylic acids is 1. The van der Waals surface area contributed by atoms with Crippen LogP contribution in [0.5, 0.6) is 11.5 Å². The number of carboxylic acids is 1. The number of carbonyl (C=O) groups is 1. The number of ether oxygens (including phenoxy) is 2. The second-order valence-corrected chi connectivity index (χ2v) is 3.63. The highest BCUT2D eigenvalue weighted by Crippen LogP contribution is 2.30. The Morgan fingerprint density at radius 1 is 1.38 bits per heavy atom. The van der Waals surface area contributed by atoms with Gasteiger partial charge in [0.2, 0.25) is 0 Å². The number of hydrogen-bond acceptors (Lipinski definition) is 4. The first kappa shape index (κ1) is 10.8. The van der Waals surface area contributed by atoms with Crippen molar-refractivity contribution in [3.05, 3.63) is 23.8 Å². The maximum Gasteiger partial charge on any atom is 0.320 e. The molecule has 0 fully saturated rings. The molecule has 0 aromatic heterocycles. The zero-order chi connectivity index (χ0) is 11.5. The van der Waals surface area contributed by atoms with Crippen molar-refractivity contribution in [3.63, 3.8) is 0 Å². The number of hydrogen-bond donors (Lipinski definition) is 2. The summed E-state index contributed by atoms with van der Waals surface area (Å²) in [4.78, 5) is 10.6. The van der Waals surface area contributed by atoms with Crippen LogP contribution in [0.15, 0.2) is 18.2 Å². The first-order valence-corrected chi connectivity index (χ1v) is 5.04. The van der Waals surface area contributed by atoms with Gasteiger partial charge in [0.1, 0.15) is 19.3 Å². The van der Waals surface area contributed by atoms with Gasteiger partial charge in [-0.05, 0) is 24.1 Å². The Kier molecular flexibility index (Phi) is 2.96. The normalized spacial score (nSPS) is 15.6. The molecule has 5 nitrogen and oxygen atoms in total. The molecule has 2 rings (SSSR count). The molecular weight excluding hydrogens is 210 g/mol. The number of benzene rings is 1. The van der Waals surface area contributed by atoms with Crippen molar-refractivity contribution in [1.82, 2.24) is 0 Å². The summed E-state index contributed by atoms with van der Waals surface area (Å²) in [6, 6.07) is 4.47. The van der Waals surface area contributed by atoms with Gasteiger partial charge in [-0.15, -0.1) is 0 Å². The molecule has 1 aliphatic heterocycles. The van der Waals surface area contributed by atoms with E-state index in [1.807, 2.05) is 0 Å². The fourth-order valence-corrected chi connectivity index (χ4v) is 1.56. The molecule has 0 saturated carbocycles. The monoisotopic (exact) mass is 223 g/mol. The van der Waals surface area contributed by atoms with Crippen LogP contribution in [0.1, 0.15) is 5.56 Å². The zero-order valence-corrected chi connectivity index (χ0v) is 8.68. The topological polar surface area (TPSA) is 81.8 Å². The van der Waals surface area contributed by atoms with Crippen molar-refractivity contribution in [3.8, 4) is 11.5 Å². The lowest BCUT2D eigenvalue weighted by atomic mass is 10.1. The minimum atomic E-state index is -1.00. The Labute approximate surface area is 92.8 Å². The van der Waals surface area contributed by atoms with Crippen LogP contribution in [0.2, 0.25) is 0 Å². The largest absolute Gasteiger partial charge is 0.486 e. The highest BCUT2D eigenvalue weighted by atomic mass is 16.6. The van der Waals surface area contributed by atoms with Crippen molar-refractivity contribution in [2.24, 2.45) is 5.73 Å². The zero-order valence-electron chi connectivity index (χ0n) is 8.68. The molecule has 0 saturated heterocycles. The highest BCUT2D eigenvalue weighted by molar-refractivity contribution is 5.73. The van der Waals surface area contributed by atoms with Crippen LogP contribution in [0.4, 0.5) is 0 Å². The van der Waals surface area contributed by atoms with E-state index < -0.39 is 12.0 Å². The molecule has 0 radical (unpaired) electrons.